The minimum Gasteiger partial charge on any atom is -0.497 e. The van der Waals surface area contributed by atoms with Crippen LogP contribution < -0.4 is 15.4 Å². The summed E-state index contributed by atoms with van der Waals surface area (Å²) in [6.07, 6.45) is 0. The number of aromatic nitrogens is 2. The molecule has 0 atom stereocenters. The largest absolute Gasteiger partial charge is 0.497 e. The van der Waals surface area contributed by atoms with E-state index < -0.39 is 0 Å². The number of ether oxygens (including phenoxy) is 2. The lowest BCUT2D eigenvalue weighted by Gasteiger charge is -2.26. The molecule has 1 saturated heterocycles. The number of rotatable bonds is 6. The Bertz CT molecular complexity index is 1570. The van der Waals surface area contributed by atoms with Crippen molar-refractivity contribution in [3.8, 4) is 17.0 Å². The predicted molar refractivity (Wildman–Crippen MR) is 151 cm³/mol. The summed E-state index contributed by atoms with van der Waals surface area (Å²) < 4.78 is 10.7. The Morgan fingerprint density at radius 2 is 1.74 bits per heavy atom. The Morgan fingerprint density at radius 1 is 0.974 bits per heavy atom. The van der Waals surface area contributed by atoms with Crippen LogP contribution >= 0.6 is 0 Å². The number of amides is 2. The van der Waals surface area contributed by atoms with Gasteiger partial charge in [0.15, 0.2) is 0 Å². The number of morpholine rings is 1. The van der Waals surface area contributed by atoms with E-state index in [1.165, 1.54) is 5.56 Å². The van der Waals surface area contributed by atoms with Crippen LogP contribution in [0.25, 0.3) is 33.1 Å². The molecule has 0 radical (unpaired) electrons. The highest BCUT2D eigenvalue weighted by atomic mass is 16.5. The van der Waals surface area contributed by atoms with Crippen molar-refractivity contribution in [2.24, 2.45) is 0 Å². The molecule has 1 aliphatic rings. The molecule has 8 heteroatoms. The zero-order valence-electron chi connectivity index (χ0n) is 21.2. The molecule has 0 saturated carbocycles. The van der Waals surface area contributed by atoms with Gasteiger partial charge in [-0.2, -0.15) is 0 Å². The van der Waals surface area contributed by atoms with Gasteiger partial charge in [-0.3, -0.25) is 10.2 Å². The van der Waals surface area contributed by atoms with E-state index in [1.54, 1.807) is 7.11 Å². The Labute approximate surface area is 220 Å². The molecule has 1 fully saturated rings. The van der Waals surface area contributed by atoms with Crippen LogP contribution in [0, 0.1) is 0 Å². The van der Waals surface area contributed by atoms with Crippen molar-refractivity contribution in [1.29, 1.82) is 0 Å². The molecule has 0 spiro atoms. The van der Waals surface area contributed by atoms with E-state index in [9.17, 15) is 4.79 Å². The maximum absolute atomic E-state index is 12.9. The Morgan fingerprint density at radius 3 is 2.50 bits per heavy atom. The highest BCUT2D eigenvalue weighted by Gasteiger charge is 2.15. The molecular formula is C30H29N5O3. The Balaban J connectivity index is 1.24. The number of fused-ring (bicyclic) bond motifs is 3. The average Bonchev–Trinajstić information content (AvgIpc) is 3.33. The Kier molecular flexibility index (Phi) is 6.64. The van der Waals surface area contributed by atoms with Crippen LogP contribution in [0.3, 0.4) is 0 Å². The van der Waals surface area contributed by atoms with Crippen molar-refractivity contribution < 1.29 is 14.3 Å². The molecule has 5 aromatic rings. The highest BCUT2D eigenvalue weighted by molar-refractivity contribution is 6.12. The standard InChI is InChI=1S/C30H29N5O3/c1-37-23-12-8-21(9-13-23)28-29-25(24-4-2-3-5-26(24)32-29)18-27(33-28)34-30(36)31-22-10-6-20(7-11-22)19-35-14-16-38-17-15-35/h2-13,18,32H,14-17,19H2,1H3,(H2,31,33,34,36). The topological polar surface area (TPSA) is 91.5 Å². The summed E-state index contributed by atoms with van der Waals surface area (Å²) in [5.74, 6) is 1.24. The number of methoxy groups -OCH3 is 1. The van der Waals surface area contributed by atoms with E-state index >= 15 is 0 Å². The number of hydrogen-bond donors (Lipinski definition) is 3. The van der Waals surface area contributed by atoms with Crippen molar-refractivity contribution in [3.63, 3.8) is 0 Å². The predicted octanol–water partition coefficient (Wildman–Crippen LogP) is 5.87. The van der Waals surface area contributed by atoms with Gasteiger partial charge in [0, 0.05) is 47.2 Å². The fraction of sp³-hybridized carbons (Fsp3) is 0.200. The van der Waals surface area contributed by atoms with Gasteiger partial charge in [-0.15, -0.1) is 0 Å². The van der Waals surface area contributed by atoms with E-state index in [0.717, 1.165) is 77.3 Å². The van der Waals surface area contributed by atoms with Crippen LogP contribution in [0.2, 0.25) is 0 Å². The molecule has 2 amide bonds. The lowest BCUT2D eigenvalue weighted by molar-refractivity contribution is 0.0342. The van der Waals surface area contributed by atoms with Crippen molar-refractivity contribution >= 4 is 39.3 Å². The number of nitrogens with one attached hydrogen (secondary N) is 3. The minimum atomic E-state index is -0.349. The fourth-order valence-corrected chi connectivity index (χ4v) is 4.86. The molecule has 3 heterocycles. The first-order valence-corrected chi connectivity index (χ1v) is 12.7. The molecule has 8 nitrogen and oxygen atoms in total. The van der Waals surface area contributed by atoms with Crippen LogP contribution in [0.1, 0.15) is 5.56 Å². The van der Waals surface area contributed by atoms with Gasteiger partial charge in [0.2, 0.25) is 0 Å². The molecule has 3 N–H and O–H groups in total. The van der Waals surface area contributed by atoms with E-state index in [2.05, 4.69) is 26.6 Å². The Hall–Kier alpha value is -4.40. The van der Waals surface area contributed by atoms with E-state index in [-0.39, 0.29) is 6.03 Å². The van der Waals surface area contributed by atoms with Crippen molar-refractivity contribution in [2.45, 2.75) is 6.54 Å². The normalized spacial score (nSPS) is 14.0. The van der Waals surface area contributed by atoms with Gasteiger partial charge in [0.25, 0.3) is 0 Å². The first-order valence-electron chi connectivity index (χ1n) is 12.7. The molecule has 0 bridgehead atoms. The van der Waals surface area contributed by atoms with Crippen molar-refractivity contribution in [1.82, 2.24) is 14.9 Å². The maximum atomic E-state index is 12.9. The third-order valence-corrected chi connectivity index (χ3v) is 6.82. The van der Waals surface area contributed by atoms with Crippen LogP contribution in [0.15, 0.2) is 78.9 Å². The maximum Gasteiger partial charge on any atom is 0.324 e. The lowest BCUT2D eigenvalue weighted by Crippen LogP contribution is -2.35. The number of benzene rings is 3. The molecule has 0 unspecified atom stereocenters. The fourth-order valence-electron chi connectivity index (χ4n) is 4.86. The number of nitrogens with zero attached hydrogens (tertiary/aromatic N) is 2. The number of hydrogen-bond acceptors (Lipinski definition) is 5. The summed E-state index contributed by atoms with van der Waals surface area (Å²) >= 11 is 0. The zero-order valence-corrected chi connectivity index (χ0v) is 21.2. The second kappa shape index (κ2) is 10.5. The third-order valence-electron chi connectivity index (χ3n) is 6.82. The number of urea groups is 1. The third kappa shape index (κ3) is 5.04. The van der Waals surface area contributed by atoms with E-state index in [4.69, 9.17) is 14.5 Å². The van der Waals surface area contributed by atoms with Crippen LogP contribution in [-0.4, -0.2) is 54.3 Å². The first-order chi connectivity index (χ1) is 18.7. The highest BCUT2D eigenvalue weighted by Crippen LogP contribution is 2.34. The molecule has 2 aromatic heterocycles. The quantitative estimate of drug-likeness (QED) is 0.267. The molecule has 192 valence electrons. The van der Waals surface area contributed by atoms with Crippen molar-refractivity contribution in [3.05, 3.63) is 84.4 Å². The summed E-state index contributed by atoms with van der Waals surface area (Å²) in [5.41, 5.74) is 5.52. The summed E-state index contributed by atoms with van der Waals surface area (Å²) in [7, 11) is 1.64. The smallest absolute Gasteiger partial charge is 0.324 e. The summed E-state index contributed by atoms with van der Waals surface area (Å²) in [6.45, 7) is 4.30. The number of carbonyl (C=O) groups excluding carboxylic acids is 1. The minimum absolute atomic E-state index is 0.349. The van der Waals surface area contributed by atoms with Gasteiger partial charge in [0.05, 0.1) is 31.5 Å². The monoisotopic (exact) mass is 507 g/mol. The molecule has 0 aliphatic carbocycles. The molecule has 1 aliphatic heterocycles. The van der Waals surface area contributed by atoms with Crippen LogP contribution in [0.4, 0.5) is 16.3 Å². The van der Waals surface area contributed by atoms with Crippen LogP contribution in [-0.2, 0) is 11.3 Å². The number of aromatic amines is 1. The van der Waals surface area contributed by atoms with E-state index in [0.29, 0.717) is 5.82 Å². The molecule has 3 aromatic carbocycles. The molecule has 6 rings (SSSR count). The van der Waals surface area contributed by atoms with Gasteiger partial charge in [-0.25, -0.2) is 9.78 Å². The first kappa shape index (κ1) is 24.0. The number of H-pyrrole nitrogens is 1. The summed E-state index contributed by atoms with van der Waals surface area (Å²) in [6, 6.07) is 25.3. The van der Waals surface area contributed by atoms with Crippen LogP contribution in [0.5, 0.6) is 5.75 Å². The second-order valence-electron chi connectivity index (χ2n) is 9.34. The van der Waals surface area contributed by atoms with Gasteiger partial charge in [-0.05, 0) is 54.1 Å². The van der Waals surface area contributed by atoms with Gasteiger partial charge < -0.3 is 19.8 Å². The zero-order chi connectivity index (χ0) is 25.9. The SMILES string of the molecule is COc1ccc(-c2nc(NC(=O)Nc3ccc(CN4CCOCC4)cc3)cc3c2[nH]c2ccccc23)cc1. The van der Waals surface area contributed by atoms with Gasteiger partial charge in [-0.1, -0.05) is 30.3 Å². The van der Waals surface area contributed by atoms with E-state index in [1.807, 2.05) is 72.8 Å². The number of pyridine rings is 1. The lowest BCUT2D eigenvalue weighted by atomic mass is 10.1. The second-order valence-corrected chi connectivity index (χ2v) is 9.34. The number of para-hydroxylation sites is 1. The summed E-state index contributed by atoms with van der Waals surface area (Å²) in [5, 5.41) is 7.91. The molecular weight excluding hydrogens is 478 g/mol. The summed E-state index contributed by atoms with van der Waals surface area (Å²) in [4.78, 5) is 23.6. The molecule has 38 heavy (non-hydrogen) atoms. The van der Waals surface area contributed by atoms with Gasteiger partial charge in [0.1, 0.15) is 11.6 Å². The van der Waals surface area contributed by atoms with Gasteiger partial charge >= 0.3 is 6.03 Å². The van der Waals surface area contributed by atoms with Crippen molar-refractivity contribution in [2.75, 3.05) is 44.0 Å². The number of anilines is 2. The average molecular weight is 508 g/mol. The number of carbonyl (C=O) groups is 1.